The molecule has 0 bridgehead atoms. The number of aryl methyl sites for hydroxylation is 4. The van der Waals surface area contributed by atoms with Crippen LogP contribution in [0.1, 0.15) is 44.3 Å². The highest BCUT2D eigenvalue weighted by Crippen LogP contribution is 2.23. The van der Waals surface area contributed by atoms with E-state index in [1.165, 1.54) is 5.56 Å². The van der Waals surface area contributed by atoms with E-state index in [1.54, 1.807) is 0 Å². The Balaban J connectivity index is 1.84. The first-order valence-electron chi connectivity index (χ1n) is 8.23. The molecule has 0 N–H and O–H groups in total. The molecule has 0 spiro atoms. The molecule has 5 heteroatoms. The van der Waals surface area contributed by atoms with Gasteiger partial charge >= 0.3 is 5.97 Å². The van der Waals surface area contributed by atoms with Gasteiger partial charge in [0.2, 0.25) is 0 Å². The maximum Gasteiger partial charge on any atom is 0.340 e. The fourth-order valence-electron chi connectivity index (χ4n) is 2.98. The molecule has 0 saturated carbocycles. The monoisotopic (exact) mass is 338 g/mol. The lowest BCUT2D eigenvalue weighted by Crippen LogP contribution is -2.08. The molecule has 3 rings (SSSR count). The normalized spacial score (nSPS) is 10.9. The Kier molecular flexibility index (Phi) is 4.49. The van der Waals surface area contributed by atoms with Gasteiger partial charge in [-0.3, -0.25) is 0 Å². The van der Waals surface area contributed by atoms with Crippen molar-refractivity contribution in [3.05, 3.63) is 69.9 Å². The van der Waals surface area contributed by atoms with E-state index in [0.717, 1.165) is 28.3 Å². The first-order chi connectivity index (χ1) is 11.9. The molecule has 25 heavy (non-hydrogen) atoms. The van der Waals surface area contributed by atoms with Gasteiger partial charge in [0.15, 0.2) is 0 Å². The molecule has 2 aromatic heterocycles. The van der Waals surface area contributed by atoms with Crippen molar-refractivity contribution in [2.45, 2.75) is 41.2 Å². The number of carbonyl (C=O) groups is 1. The highest BCUT2D eigenvalue weighted by Gasteiger charge is 2.19. The Hall–Kier alpha value is -2.82. The quantitative estimate of drug-likeness (QED) is 0.663. The van der Waals surface area contributed by atoms with E-state index < -0.39 is 0 Å². The van der Waals surface area contributed by atoms with Crippen LogP contribution in [0.5, 0.6) is 0 Å². The van der Waals surface area contributed by atoms with Gasteiger partial charge in [0, 0.05) is 17.1 Å². The molecule has 0 unspecified atom stereocenters. The van der Waals surface area contributed by atoms with Crippen LogP contribution in [-0.2, 0) is 11.3 Å². The summed E-state index contributed by atoms with van der Waals surface area (Å²) < 4.78 is 12.6. The van der Waals surface area contributed by atoms with Gasteiger partial charge < -0.3 is 13.8 Å². The molecule has 0 aliphatic heterocycles. The van der Waals surface area contributed by atoms with Crippen molar-refractivity contribution in [3.63, 3.8) is 0 Å². The van der Waals surface area contributed by atoms with Gasteiger partial charge in [-0.05, 0) is 52.8 Å². The van der Waals surface area contributed by atoms with Crippen molar-refractivity contribution < 1.29 is 14.1 Å². The standard InChI is InChI=1S/C20H22N2O3/c1-12-6-8-17(9-7-12)22-13(2)10-18(15(22)4)20(23)24-11-19-14(3)21-25-16(19)5/h6-10H,11H2,1-5H3. The van der Waals surface area contributed by atoms with Crippen molar-refractivity contribution in [2.75, 3.05) is 0 Å². The fourth-order valence-corrected chi connectivity index (χ4v) is 2.98. The number of hydrogen-bond donors (Lipinski definition) is 0. The van der Waals surface area contributed by atoms with Crippen molar-refractivity contribution >= 4 is 5.97 Å². The first kappa shape index (κ1) is 17.0. The van der Waals surface area contributed by atoms with Crippen LogP contribution in [0.25, 0.3) is 5.69 Å². The van der Waals surface area contributed by atoms with E-state index in [1.807, 2.05) is 45.9 Å². The Bertz CT molecular complexity index is 898. The van der Waals surface area contributed by atoms with Gasteiger partial charge in [0.05, 0.1) is 16.8 Å². The highest BCUT2D eigenvalue weighted by atomic mass is 16.5. The van der Waals surface area contributed by atoms with Gasteiger partial charge in [0.1, 0.15) is 12.4 Å². The van der Waals surface area contributed by atoms with Crippen LogP contribution in [0.2, 0.25) is 0 Å². The summed E-state index contributed by atoms with van der Waals surface area (Å²) >= 11 is 0. The van der Waals surface area contributed by atoms with Crippen LogP contribution < -0.4 is 0 Å². The molecule has 3 aromatic rings. The largest absolute Gasteiger partial charge is 0.457 e. The zero-order valence-electron chi connectivity index (χ0n) is 15.2. The minimum absolute atomic E-state index is 0.161. The lowest BCUT2D eigenvalue weighted by Gasteiger charge is -2.10. The molecule has 0 aliphatic rings. The summed E-state index contributed by atoms with van der Waals surface area (Å²) in [5, 5.41) is 3.88. The molecule has 130 valence electrons. The van der Waals surface area contributed by atoms with E-state index >= 15 is 0 Å². The minimum atomic E-state index is -0.341. The van der Waals surface area contributed by atoms with E-state index in [9.17, 15) is 4.79 Å². The summed E-state index contributed by atoms with van der Waals surface area (Å²) in [5.41, 5.74) is 6.23. The fraction of sp³-hybridized carbons (Fsp3) is 0.300. The summed E-state index contributed by atoms with van der Waals surface area (Å²) in [6.07, 6.45) is 0. The topological polar surface area (TPSA) is 57.3 Å². The van der Waals surface area contributed by atoms with Gasteiger partial charge in [-0.2, -0.15) is 0 Å². The summed E-state index contributed by atoms with van der Waals surface area (Å²) in [6, 6.07) is 10.1. The molecule has 1 aromatic carbocycles. The molecule has 0 atom stereocenters. The summed E-state index contributed by atoms with van der Waals surface area (Å²) in [5.74, 6) is 0.335. The zero-order chi connectivity index (χ0) is 18.1. The number of benzene rings is 1. The van der Waals surface area contributed by atoms with Crippen LogP contribution >= 0.6 is 0 Å². The van der Waals surface area contributed by atoms with Gasteiger partial charge in [-0.15, -0.1) is 0 Å². The Morgan fingerprint density at radius 2 is 1.80 bits per heavy atom. The Morgan fingerprint density at radius 1 is 1.12 bits per heavy atom. The second-order valence-corrected chi connectivity index (χ2v) is 6.33. The molecular weight excluding hydrogens is 316 g/mol. The minimum Gasteiger partial charge on any atom is -0.457 e. The predicted molar refractivity (Wildman–Crippen MR) is 95.1 cm³/mol. The van der Waals surface area contributed by atoms with Crippen LogP contribution in [0.3, 0.4) is 0 Å². The number of rotatable bonds is 4. The highest BCUT2D eigenvalue weighted by molar-refractivity contribution is 5.91. The second-order valence-electron chi connectivity index (χ2n) is 6.33. The van der Waals surface area contributed by atoms with Gasteiger partial charge in [-0.25, -0.2) is 4.79 Å². The SMILES string of the molecule is Cc1ccc(-n2c(C)cc(C(=O)OCc3c(C)noc3C)c2C)cc1. The van der Waals surface area contributed by atoms with Crippen molar-refractivity contribution in [2.24, 2.45) is 0 Å². The van der Waals surface area contributed by atoms with Crippen LogP contribution in [-0.4, -0.2) is 15.7 Å². The van der Waals surface area contributed by atoms with E-state index in [0.29, 0.717) is 11.3 Å². The molecule has 0 radical (unpaired) electrons. The molecule has 2 heterocycles. The molecule has 5 nitrogen and oxygen atoms in total. The summed E-state index contributed by atoms with van der Waals surface area (Å²) in [6.45, 7) is 9.78. The average Bonchev–Trinajstić information content (AvgIpc) is 3.06. The third kappa shape index (κ3) is 3.22. The Morgan fingerprint density at radius 3 is 2.40 bits per heavy atom. The number of ether oxygens (including phenoxy) is 1. The maximum atomic E-state index is 12.5. The van der Waals surface area contributed by atoms with Crippen molar-refractivity contribution in [1.82, 2.24) is 9.72 Å². The molecular formula is C20H22N2O3. The lowest BCUT2D eigenvalue weighted by atomic mass is 10.2. The van der Waals surface area contributed by atoms with Crippen LogP contribution in [0.4, 0.5) is 0 Å². The van der Waals surface area contributed by atoms with Crippen LogP contribution in [0, 0.1) is 34.6 Å². The van der Waals surface area contributed by atoms with Crippen LogP contribution in [0.15, 0.2) is 34.9 Å². The number of nitrogens with zero attached hydrogens (tertiary/aromatic N) is 2. The predicted octanol–water partition coefficient (Wildman–Crippen LogP) is 4.36. The molecule has 0 amide bonds. The van der Waals surface area contributed by atoms with E-state index in [4.69, 9.17) is 9.26 Å². The average molecular weight is 338 g/mol. The Labute approximate surface area is 147 Å². The number of hydrogen-bond acceptors (Lipinski definition) is 4. The van der Waals surface area contributed by atoms with Gasteiger partial charge in [-0.1, -0.05) is 22.9 Å². The number of esters is 1. The van der Waals surface area contributed by atoms with Gasteiger partial charge in [0.25, 0.3) is 0 Å². The van der Waals surface area contributed by atoms with E-state index in [2.05, 4.69) is 28.8 Å². The molecule has 0 aliphatic carbocycles. The third-order valence-corrected chi connectivity index (χ3v) is 4.47. The first-order valence-corrected chi connectivity index (χ1v) is 8.23. The summed E-state index contributed by atoms with van der Waals surface area (Å²) in [4.78, 5) is 12.5. The lowest BCUT2D eigenvalue weighted by molar-refractivity contribution is 0.0470. The molecule has 0 saturated heterocycles. The number of carbonyl (C=O) groups excluding carboxylic acids is 1. The number of aromatic nitrogens is 2. The summed E-state index contributed by atoms with van der Waals surface area (Å²) in [7, 11) is 0. The maximum absolute atomic E-state index is 12.5. The smallest absolute Gasteiger partial charge is 0.340 e. The van der Waals surface area contributed by atoms with Crippen molar-refractivity contribution in [3.8, 4) is 5.69 Å². The second kappa shape index (κ2) is 6.59. The zero-order valence-corrected chi connectivity index (χ0v) is 15.2. The van der Waals surface area contributed by atoms with E-state index in [-0.39, 0.29) is 12.6 Å². The third-order valence-electron chi connectivity index (χ3n) is 4.47. The molecule has 0 fully saturated rings. The van der Waals surface area contributed by atoms with Crippen molar-refractivity contribution in [1.29, 1.82) is 0 Å².